The van der Waals surface area contributed by atoms with Crippen molar-refractivity contribution in [2.75, 3.05) is 11.9 Å². The van der Waals surface area contributed by atoms with E-state index in [4.69, 9.17) is 25.5 Å². The maximum Gasteiger partial charge on any atom is 0.375 e. The first kappa shape index (κ1) is 19.9. The number of hydrogen-bond acceptors (Lipinski definition) is 6. The highest BCUT2D eigenvalue weighted by molar-refractivity contribution is 6.32. The normalized spacial score (nSPS) is 12.0. The number of esters is 1. The lowest BCUT2D eigenvalue weighted by molar-refractivity contribution is -0.123. The summed E-state index contributed by atoms with van der Waals surface area (Å²) in [4.78, 5) is 28.9. The first-order chi connectivity index (χ1) is 13.5. The Bertz CT molecular complexity index is 1000. The van der Waals surface area contributed by atoms with Crippen molar-refractivity contribution >= 4 is 40.1 Å². The van der Waals surface area contributed by atoms with Crippen LogP contribution in [0.5, 0.6) is 0 Å². The highest BCUT2D eigenvalue weighted by atomic mass is 35.5. The first-order valence-corrected chi connectivity index (χ1v) is 9.09. The topological polar surface area (TPSA) is 90.7 Å². The van der Waals surface area contributed by atoms with Crippen molar-refractivity contribution < 1.29 is 23.5 Å². The van der Waals surface area contributed by atoms with Gasteiger partial charge in [-0.25, -0.2) is 9.78 Å². The molecule has 3 rings (SSSR count). The number of para-hydroxylation sites is 1. The van der Waals surface area contributed by atoms with Crippen molar-refractivity contribution in [3.05, 3.63) is 59.1 Å². The number of fused-ring (bicyclic) bond motifs is 1. The van der Waals surface area contributed by atoms with Gasteiger partial charge < -0.3 is 19.2 Å². The van der Waals surface area contributed by atoms with Crippen LogP contribution in [0.2, 0.25) is 5.15 Å². The van der Waals surface area contributed by atoms with Crippen LogP contribution in [-0.4, -0.2) is 29.6 Å². The molecule has 0 fully saturated rings. The van der Waals surface area contributed by atoms with Gasteiger partial charge in [0.25, 0.3) is 5.91 Å². The highest BCUT2D eigenvalue weighted by Gasteiger charge is 2.26. The molecule has 28 heavy (non-hydrogen) atoms. The Labute approximate surface area is 166 Å². The maximum atomic E-state index is 12.6. The summed E-state index contributed by atoms with van der Waals surface area (Å²) in [7, 11) is 0. The quantitative estimate of drug-likeness (QED) is 0.470. The van der Waals surface area contributed by atoms with Gasteiger partial charge in [0.1, 0.15) is 5.58 Å². The molecule has 0 bridgehead atoms. The smallest absolute Gasteiger partial charge is 0.375 e. The molecule has 3 aromatic rings. The molecule has 1 atom stereocenters. The molecule has 0 radical (unpaired) electrons. The summed E-state index contributed by atoms with van der Waals surface area (Å²) in [5.41, 5.74) is 1.46. The van der Waals surface area contributed by atoms with E-state index in [9.17, 15) is 9.59 Å². The molecule has 1 aromatic carbocycles. The fourth-order valence-corrected chi connectivity index (χ4v) is 2.76. The van der Waals surface area contributed by atoms with E-state index in [-0.39, 0.29) is 17.5 Å². The fraction of sp³-hybridized carbons (Fsp3) is 0.250. The molecular weight excluding hydrogens is 384 g/mol. The van der Waals surface area contributed by atoms with Crippen LogP contribution in [0.3, 0.4) is 0 Å². The summed E-state index contributed by atoms with van der Waals surface area (Å²) in [5, 5.41) is 3.49. The number of hydrogen-bond donors (Lipinski definition) is 1. The number of furan rings is 1. The van der Waals surface area contributed by atoms with Crippen LogP contribution in [0.4, 0.5) is 5.69 Å². The molecule has 0 unspecified atom stereocenters. The molecule has 2 aromatic heterocycles. The molecule has 2 heterocycles. The molecule has 146 valence electrons. The van der Waals surface area contributed by atoms with Gasteiger partial charge in [0.05, 0.1) is 12.3 Å². The zero-order valence-corrected chi connectivity index (χ0v) is 16.2. The van der Waals surface area contributed by atoms with Crippen molar-refractivity contribution in [1.29, 1.82) is 0 Å². The number of nitrogens with one attached hydrogen (secondary N) is 1. The Hall–Kier alpha value is -2.90. The lowest BCUT2D eigenvalue weighted by Gasteiger charge is -2.13. The highest BCUT2D eigenvalue weighted by Crippen LogP contribution is 2.27. The molecule has 0 aliphatic rings. The van der Waals surface area contributed by atoms with E-state index in [1.54, 1.807) is 24.3 Å². The van der Waals surface area contributed by atoms with E-state index in [0.717, 1.165) is 5.39 Å². The molecule has 0 aliphatic heterocycles. The predicted molar refractivity (Wildman–Crippen MR) is 104 cm³/mol. The first-order valence-electron chi connectivity index (χ1n) is 8.71. The summed E-state index contributed by atoms with van der Waals surface area (Å²) < 4.78 is 16.4. The molecule has 0 aliphatic carbocycles. The second-order valence-electron chi connectivity index (χ2n) is 5.92. The lowest BCUT2D eigenvalue weighted by Crippen LogP contribution is -2.30. The van der Waals surface area contributed by atoms with Crippen molar-refractivity contribution in [2.45, 2.75) is 26.6 Å². The third-order valence-corrected chi connectivity index (χ3v) is 4.31. The third-order valence-electron chi connectivity index (χ3n) is 4.00. The summed E-state index contributed by atoms with van der Waals surface area (Å²) >= 11 is 5.93. The van der Waals surface area contributed by atoms with Crippen LogP contribution in [-0.2, 0) is 20.9 Å². The van der Waals surface area contributed by atoms with Gasteiger partial charge in [-0.3, -0.25) is 4.79 Å². The van der Waals surface area contributed by atoms with Gasteiger partial charge in [0, 0.05) is 23.8 Å². The Balaban J connectivity index is 1.76. The van der Waals surface area contributed by atoms with Crippen molar-refractivity contribution in [2.24, 2.45) is 0 Å². The lowest BCUT2D eigenvalue weighted by atomic mass is 10.1. The van der Waals surface area contributed by atoms with Gasteiger partial charge in [0.15, 0.2) is 11.3 Å². The summed E-state index contributed by atoms with van der Waals surface area (Å²) in [5.74, 6) is -1.26. The van der Waals surface area contributed by atoms with E-state index >= 15 is 0 Å². The van der Waals surface area contributed by atoms with Crippen LogP contribution in [0, 0.1) is 0 Å². The van der Waals surface area contributed by atoms with Crippen LogP contribution in [0.15, 0.2) is 47.0 Å². The minimum atomic E-state index is -1.07. The van der Waals surface area contributed by atoms with Gasteiger partial charge in [-0.15, -0.1) is 0 Å². The number of amides is 1. The average Bonchev–Trinajstić information content (AvgIpc) is 3.06. The molecule has 0 saturated carbocycles. The van der Waals surface area contributed by atoms with Gasteiger partial charge in [0.2, 0.25) is 5.76 Å². The second-order valence-corrected chi connectivity index (χ2v) is 6.28. The second kappa shape index (κ2) is 8.86. The van der Waals surface area contributed by atoms with Gasteiger partial charge in [-0.1, -0.05) is 29.8 Å². The standard InChI is InChI=1S/C20H19ClN2O5/c1-3-26-11-14-13-7-4-5-9-16(13)28-17(14)20(25)27-12(2)19(24)23-15-8-6-10-22-18(15)21/h4-10,12H,3,11H2,1-2H3,(H,23,24)/t12-/m0/s1. The fourth-order valence-electron chi connectivity index (χ4n) is 2.59. The number of ether oxygens (including phenoxy) is 2. The minimum absolute atomic E-state index is 0.0220. The maximum absolute atomic E-state index is 12.6. The van der Waals surface area contributed by atoms with Crippen molar-refractivity contribution in [3.8, 4) is 0 Å². The molecule has 1 amide bonds. The Morgan fingerprint density at radius 3 is 2.79 bits per heavy atom. The number of rotatable bonds is 7. The number of nitrogens with zero attached hydrogens (tertiary/aromatic N) is 1. The van der Waals surface area contributed by atoms with Crippen LogP contribution in [0.1, 0.15) is 30.0 Å². The number of benzene rings is 1. The van der Waals surface area contributed by atoms with E-state index < -0.39 is 18.0 Å². The van der Waals surface area contributed by atoms with Crippen molar-refractivity contribution in [3.63, 3.8) is 0 Å². The van der Waals surface area contributed by atoms with Gasteiger partial charge in [-0.05, 0) is 32.0 Å². The molecule has 0 saturated heterocycles. The Morgan fingerprint density at radius 1 is 1.25 bits per heavy atom. The zero-order chi connectivity index (χ0) is 20.1. The molecule has 8 heteroatoms. The zero-order valence-electron chi connectivity index (χ0n) is 15.4. The molecular formula is C20H19ClN2O5. The largest absolute Gasteiger partial charge is 0.449 e. The molecule has 7 nitrogen and oxygen atoms in total. The van der Waals surface area contributed by atoms with Crippen LogP contribution < -0.4 is 5.32 Å². The summed E-state index contributed by atoms with van der Waals surface area (Å²) in [6.07, 6.45) is 0.431. The summed E-state index contributed by atoms with van der Waals surface area (Å²) in [6.45, 7) is 4.00. The predicted octanol–water partition coefficient (Wildman–Crippen LogP) is 4.20. The monoisotopic (exact) mass is 402 g/mol. The van der Waals surface area contributed by atoms with Crippen molar-refractivity contribution in [1.82, 2.24) is 4.98 Å². The van der Waals surface area contributed by atoms with E-state index in [1.165, 1.54) is 13.1 Å². The Morgan fingerprint density at radius 2 is 2.04 bits per heavy atom. The van der Waals surface area contributed by atoms with Crippen LogP contribution in [0.25, 0.3) is 11.0 Å². The summed E-state index contributed by atoms with van der Waals surface area (Å²) in [6, 6.07) is 10.5. The SMILES string of the molecule is CCOCc1c(C(=O)O[C@@H](C)C(=O)Nc2cccnc2Cl)oc2ccccc12. The van der Waals surface area contributed by atoms with Crippen LogP contribution >= 0.6 is 11.6 Å². The number of pyridine rings is 1. The minimum Gasteiger partial charge on any atom is -0.449 e. The van der Waals surface area contributed by atoms with Gasteiger partial charge >= 0.3 is 5.97 Å². The Kier molecular flexibility index (Phi) is 6.28. The average molecular weight is 403 g/mol. The number of carbonyl (C=O) groups is 2. The number of anilines is 1. The van der Waals surface area contributed by atoms with E-state index in [0.29, 0.717) is 23.4 Å². The molecule has 0 spiro atoms. The van der Waals surface area contributed by atoms with Gasteiger partial charge in [-0.2, -0.15) is 0 Å². The number of carbonyl (C=O) groups excluding carboxylic acids is 2. The third kappa shape index (κ3) is 4.32. The number of aromatic nitrogens is 1. The van der Waals surface area contributed by atoms with E-state index in [2.05, 4.69) is 10.3 Å². The van der Waals surface area contributed by atoms with E-state index in [1.807, 2.05) is 19.1 Å². The molecule has 1 N–H and O–H groups in total. The number of halogens is 1.